The molecular weight excluding hydrogens is 364 g/mol. The molecule has 0 radical (unpaired) electrons. The maximum Gasteiger partial charge on any atom is 0.312 e. The first kappa shape index (κ1) is 20.8. The predicted octanol–water partition coefficient (Wildman–Crippen LogP) is 3.26. The van der Waals surface area contributed by atoms with E-state index in [4.69, 9.17) is 5.73 Å². The molecule has 2 amide bonds. The van der Waals surface area contributed by atoms with Crippen molar-refractivity contribution in [2.45, 2.75) is 31.7 Å². The van der Waals surface area contributed by atoms with Crippen LogP contribution in [-0.4, -0.2) is 48.8 Å². The van der Waals surface area contributed by atoms with Crippen LogP contribution in [-0.2, 0) is 6.42 Å². The minimum absolute atomic E-state index is 0.263. The number of aryl methyl sites for hydroxylation is 1. The first-order valence-electron chi connectivity index (χ1n) is 10.2. The normalized spacial score (nSPS) is 16.0. The maximum atomic E-state index is 11.0. The molecule has 4 N–H and O–H groups in total. The van der Waals surface area contributed by atoms with E-state index in [0.717, 1.165) is 50.1 Å². The van der Waals surface area contributed by atoms with E-state index in [9.17, 15) is 4.79 Å². The lowest BCUT2D eigenvalue weighted by molar-refractivity contribution is 0.198. The van der Waals surface area contributed by atoms with E-state index < -0.39 is 6.03 Å². The van der Waals surface area contributed by atoms with Gasteiger partial charge < -0.3 is 16.4 Å². The Bertz CT molecular complexity index is 838. The van der Waals surface area contributed by atoms with E-state index >= 15 is 0 Å². The smallest absolute Gasteiger partial charge is 0.312 e. The summed E-state index contributed by atoms with van der Waals surface area (Å²) < 4.78 is 0. The lowest BCUT2D eigenvalue weighted by Crippen LogP contribution is -2.37. The van der Waals surface area contributed by atoms with Crippen LogP contribution in [0.25, 0.3) is 0 Å². The number of urea groups is 1. The van der Waals surface area contributed by atoms with E-state index in [1.54, 1.807) is 0 Å². The summed E-state index contributed by atoms with van der Waals surface area (Å²) in [6.45, 7) is 2.11. The summed E-state index contributed by atoms with van der Waals surface area (Å²) in [4.78, 5) is 22.7. The van der Waals surface area contributed by atoms with Crippen LogP contribution in [0.2, 0.25) is 0 Å². The molecule has 2 aromatic rings. The number of hydrogen-bond acceptors (Lipinski definition) is 5. The van der Waals surface area contributed by atoms with Gasteiger partial charge in [0, 0.05) is 39.1 Å². The van der Waals surface area contributed by atoms with E-state index in [1.165, 1.54) is 11.3 Å². The summed E-state index contributed by atoms with van der Waals surface area (Å²) in [6.07, 6.45) is 7.98. The number of fused-ring (bicyclic) bond motifs is 1. The van der Waals surface area contributed by atoms with Gasteiger partial charge in [0.1, 0.15) is 0 Å². The average molecular weight is 395 g/mol. The van der Waals surface area contributed by atoms with E-state index in [-0.39, 0.29) is 6.04 Å². The Morgan fingerprint density at radius 2 is 2.21 bits per heavy atom. The van der Waals surface area contributed by atoms with E-state index in [1.807, 2.05) is 49.8 Å². The number of pyridine rings is 1. The number of hydrogen-bond donors (Lipinski definition) is 3. The van der Waals surface area contributed by atoms with Crippen molar-refractivity contribution >= 4 is 23.6 Å². The molecule has 0 fully saturated rings. The summed E-state index contributed by atoms with van der Waals surface area (Å²) in [6, 6.07) is 12.0. The van der Waals surface area contributed by atoms with Crippen molar-refractivity contribution in [3.05, 3.63) is 53.9 Å². The van der Waals surface area contributed by atoms with Gasteiger partial charge in [-0.3, -0.25) is 14.9 Å². The van der Waals surface area contributed by atoms with Gasteiger partial charge in [-0.15, -0.1) is 0 Å². The van der Waals surface area contributed by atoms with Crippen molar-refractivity contribution in [1.29, 1.82) is 0 Å². The van der Waals surface area contributed by atoms with Crippen molar-refractivity contribution in [2.75, 3.05) is 32.0 Å². The molecule has 0 bridgehead atoms. The molecule has 1 aliphatic rings. The third kappa shape index (κ3) is 5.77. The van der Waals surface area contributed by atoms with Gasteiger partial charge >= 0.3 is 6.03 Å². The van der Waals surface area contributed by atoms with Gasteiger partial charge in [-0.2, -0.15) is 0 Å². The van der Waals surface area contributed by atoms with Crippen LogP contribution in [0.4, 0.5) is 16.2 Å². The van der Waals surface area contributed by atoms with Gasteiger partial charge in [0.05, 0.1) is 23.1 Å². The molecule has 1 aromatic carbocycles. The molecule has 1 heterocycles. The third-order valence-electron chi connectivity index (χ3n) is 5.25. The van der Waals surface area contributed by atoms with Crippen molar-refractivity contribution in [1.82, 2.24) is 15.2 Å². The van der Waals surface area contributed by atoms with Crippen LogP contribution < -0.4 is 16.4 Å². The van der Waals surface area contributed by atoms with Crippen molar-refractivity contribution in [2.24, 2.45) is 10.7 Å². The van der Waals surface area contributed by atoms with E-state index in [2.05, 4.69) is 31.6 Å². The molecule has 1 aromatic heterocycles. The van der Waals surface area contributed by atoms with Crippen LogP contribution in [0.1, 0.15) is 36.6 Å². The minimum atomic E-state index is -0.480. The average Bonchev–Trinajstić information content (AvgIpc) is 2.75. The highest BCUT2D eigenvalue weighted by Crippen LogP contribution is 2.32. The number of para-hydroxylation sites is 2. The van der Waals surface area contributed by atoms with Crippen LogP contribution in [0.3, 0.4) is 0 Å². The third-order valence-corrected chi connectivity index (χ3v) is 5.25. The zero-order chi connectivity index (χ0) is 20.5. The second kappa shape index (κ2) is 10.6. The molecule has 7 nitrogen and oxygen atoms in total. The number of carbonyl (C=O) groups is 1. The molecule has 3 rings (SSSR count). The standard InChI is InChI=1S/C22H30N6O/c1-24-18-9-2-3-10-19(18)25-14-16-28(15-6-13-27-22(23)29)20-11-4-7-17-8-5-12-26-21(17)20/h2-3,5,8-10,12,14,20,24H,4,6-7,11,13,15-16H2,1H3,(H3,23,27,29). The van der Waals surface area contributed by atoms with Gasteiger partial charge in [0.25, 0.3) is 0 Å². The predicted molar refractivity (Wildman–Crippen MR) is 118 cm³/mol. The largest absolute Gasteiger partial charge is 0.386 e. The van der Waals surface area contributed by atoms with Crippen LogP contribution >= 0.6 is 0 Å². The fraction of sp³-hybridized carbons (Fsp3) is 0.409. The molecule has 154 valence electrons. The molecule has 7 heteroatoms. The van der Waals surface area contributed by atoms with Crippen molar-refractivity contribution in [3.8, 4) is 0 Å². The number of primary amides is 1. The maximum absolute atomic E-state index is 11.0. The lowest BCUT2D eigenvalue weighted by Gasteiger charge is -2.34. The number of nitrogens with two attached hydrogens (primary N) is 1. The fourth-order valence-electron chi connectivity index (χ4n) is 3.85. The Hall–Kier alpha value is -2.93. The van der Waals surface area contributed by atoms with Gasteiger partial charge in [0.15, 0.2) is 0 Å². The number of aliphatic imine (C=N–C) groups is 1. The highest BCUT2D eigenvalue weighted by Gasteiger charge is 2.26. The Balaban J connectivity index is 1.73. The first-order valence-corrected chi connectivity index (χ1v) is 10.2. The molecule has 0 aliphatic heterocycles. The summed E-state index contributed by atoms with van der Waals surface area (Å²) in [5, 5.41) is 5.85. The summed E-state index contributed by atoms with van der Waals surface area (Å²) >= 11 is 0. The number of rotatable bonds is 9. The molecule has 0 saturated heterocycles. The van der Waals surface area contributed by atoms with Crippen LogP contribution in [0.15, 0.2) is 47.6 Å². The number of amides is 2. The zero-order valence-corrected chi connectivity index (χ0v) is 17.0. The number of nitrogens with zero attached hydrogens (tertiary/aromatic N) is 3. The Kier molecular flexibility index (Phi) is 7.58. The fourth-order valence-corrected chi connectivity index (χ4v) is 3.85. The Morgan fingerprint density at radius 1 is 1.34 bits per heavy atom. The molecule has 0 spiro atoms. The summed E-state index contributed by atoms with van der Waals surface area (Å²) in [5.74, 6) is 0. The monoisotopic (exact) mass is 394 g/mol. The Labute approximate surface area is 172 Å². The second-order valence-electron chi connectivity index (χ2n) is 7.17. The SMILES string of the molecule is CNc1ccccc1N=CCN(CCCNC(N)=O)C1CCCc2cccnc21. The number of anilines is 1. The number of nitrogens with one attached hydrogen (secondary N) is 2. The molecular formula is C22H30N6O. The number of aromatic nitrogens is 1. The minimum Gasteiger partial charge on any atom is -0.386 e. The number of benzene rings is 1. The molecule has 1 aliphatic carbocycles. The Morgan fingerprint density at radius 3 is 3.03 bits per heavy atom. The highest BCUT2D eigenvalue weighted by molar-refractivity contribution is 5.73. The first-order chi connectivity index (χ1) is 14.2. The lowest BCUT2D eigenvalue weighted by atomic mass is 9.90. The van der Waals surface area contributed by atoms with Crippen LogP contribution in [0, 0.1) is 0 Å². The van der Waals surface area contributed by atoms with Crippen molar-refractivity contribution in [3.63, 3.8) is 0 Å². The molecule has 0 saturated carbocycles. The summed E-state index contributed by atoms with van der Waals surface area (Å²) in [7, 11) is 1.90. The molecule has 29 heavy (non-hydrogen) atoms. The van der Waals surface area contributed by atoms with E-state index in [0.29, 0.717) is 6.54 Å². The quantitative estimate of drug-likeness (QED) is 0.449. The molecule has 1 unspecified atom stereocenters. The zero-order valence-electron chi connectivity index (χ0n) is 17.0. The summed E-state index contributed by atoms with van der Waals surface area (Å²) in [5.41, 5.74) is 9.62. The number of carbonyl (C=O) groups excluding carboxylic acids is 1. The second-order valence-corrected chi connectivity index (χ2v) is 7.17. The highest BCUT2D eigenvalue weighted by atomic mass is 16.2. The van der Waals surface area contributed by atoms with Gasteiger partial charge in [-0.1, -0.05) is 18.2 Å². The van der Waals surface area contributed by atoms with Crippen LogP contribution in [0.5, 0.6) is 0 Å². The van der Waals surface area contributed by atoms with Gasteiger partial charge in [-0.25, -0.2) is 4.79 Å². The molecule has 1 atom stereocenters. The van der Waals surface area contributed by atoms with Gasteiger partial charge in [0.2, 0.25) is 0 Å². The van der Waals surface area contributed by atoms with Gasteiger partial charge in [-0.05, 0) is 49.4 Å². The topological polar surface area (TPSA) is 95.6 Å². The van der Waals surface area contributed by atoms with Crippen molar-refractivity contribution < 1.29 is 4.79 Å².